The van der Waals surface area contributed by atoms with Gasteiger partial charge in [0.1, 0.15) is 0 Å². The molecule has 0 heterocycles. The van der Waals surface area contributed by atoms with Crippen molar-refractivity contribution >= 4 is 0 Å². The van der Waals surface area contributed by atoms with Crippen LogP contribution in [0.4, 0.5) is 0 Å². The molecule has 0 aliphatic carbocycles. The standard InChI is InChI=1S/C18H35NO/c1-4-6-7-8-12-17(13-9-10-16-19)14-11-15-18(5-2)20-3/h6,17-18H,1,5,7-16,19H2,2-3H3. The van der Waals surface area contributed by atoms with Crippen LogP contribution >= 0.6 is 0 Å². The van der Waals surface area contributed by atoms with Crippen LogP contribution in [0.3, 0.4) is 0 Å². The molecule has 2 unspecified atom stereocenters. The normalized spacial score (nSPS) is 13.8. The van der Waals surface area contributed by atoms with Crippen LogP contribution in [-0.2, 0) is 4.74 Å². The summed E-state index contributed by atoms with van der Waals surface area (Å²) in [5, 5.41) is 0. The Morgan fingerprint density at radius 3 is 2.40 bits per heavy atom. The van der Waals surface area contributed by atoms with E-state index >= 15 is 0 Å². The van der Waals surface area contributed by atoms with Gasteiger partial charge in [-0.05, 0) is 50.6 Å². The summed E-state index contributed by atoms with van der Waals surface area (Å²) in [5.74, 6) is 0.856. The maximum atomic E-state index is 5.59. The molecule has 2 atom stereocenters. The molecule has 2 heteroatoms. The molecule has 118 valence electrons. The average Bonchev–Trinajstić information content (AvgIpc) is 2.47. The third kappa shape index (κ3) is 11.3. The summed E-state index contributed by atoms with van der Waals surface area (Å²) in [5.41, 5.74) is 8.45. The smallest absolute Gasteiger partial charge is 0.0568 e. The van der Waals surface area contributed by atoms with Crippen molar-refractivity contribution in [2.45, 2.75) is 77.2 Å². The van der Waals surface area contributed by atoms with Gasteiger partial charge in [0.2, 0.25) is 0 Å². The van der Waals surface area contributed by atoms with Gasteiger partial charge in [-0.3, -0.25) is 0 Å². The van der Waals surface area contributed by atoms with Crippen LogP contribution in [0, 0.1) is 5.92 Å². The molecule has 0 rings (SSSR count). The number of allylic oxidation sites excluding steroid dienone is 1. The highest BCUT2D eigenvalue weighted by Gasteiger charge is 2.10. The number of rotatable bonds is 14. The van der Waals surface area contributed by atoms with E-state index in [1.54, 1.807) is 0 Å². The van der Waals surface area contributed by atoms with Crippen LogP contribution in [0.5, 0.6) is 0 Å². The molecule has 0 bridgehead atoms. The van der Waals surface area contributed by atoms with Crippen molar-refractivity contribution in [2.75, 3.05) is 13.7 Å². The Balaban J connectivity index is 3.92. The van der Waals surface area contributed by atoms with Gasteiger partial charge in [-0.15, -0.1) is 5.73 Å². The quantitative estimate of drug-likeness (QED) is 0.365. The minimum absolute atomic E-state index is 0.448. The topological polar surface area (TPSA) is 35.2 Å². The van der Waals surface area contributed by atoms with E-state index in [1.165, 1.54) is 51.4 Å². The molecule has 0 saturated heterocycles. The summed E-state index contributed by atoms with van der Waals surface area (Å²) in [6, 6.07) is 0. The summed E-state index contributed by atoms with van der Waals surface area (Å²) in [6.45, 7) is 6.65. The lowest BCUT2D eigenvalue weighted by atomic mass is 9.90. The molecule has 2 N–H and O–H groups in total. The molecule has 0 aromatic heterocycles. The Labute approximate surface area is 126 Å². The van der Waals surface area contributed by atoms with E-state index in [0.717, 1.165) is 25.3 Å². The van der Waals surface area contributed by atoms with Gasteiger partial charge in [-0.2, -0.15) is 0 Å². The fraction of sp³-hybridized carbons (Fsp3) is 0.833. The van der Waals surface area contributed by atoms with Gasteiger partial charge in [0.05, 0.1) is 6.10 Å². The van der Waals surface area contributed by atoms with Crippen LogP contribution in [0.1, 0.15) is 71.1 Å². The number of hydrogen-bond acceptors (Lipinski definition) is 2. The maximum absolute atomic E-state index is 5.59. The molecule has 20 heavy (non-hydrogen) atoms. The second-order valence-corrected chi connectivity index (χ2v) is 5.69. The SMILES string of the molecule is C=C=CCCCC(CCCCN)CCCC(CC)OC. The maximum Gasteiger partial charge on any atom is 0.0568 e. The number of ether oxygens (including phenoxy) is 1. The van der Waals surface area contributed by atoms with Crippen LogP contribution in [-0.4, -0.2) is 19.8 Å². The highest BCUT2D eigenvalue weighted by Crippen LogP contribution is 2.23. The summed E-state index contributed by atoms with van der Waals surface area (Å²) >= 11 is 0. The fourth-order valence-electron chi connectivity index (χ4n) is 2.74. The molecule has 2 nitrogen and oxygen atoms in total. The van der Waals surface area contributed by atoms with Gasteiger partial charge in [0, 0.05) is 7.11 Å². The molecular weight excluding hydrogens is 246 g/mol. The van der Waals surface area contributed by atoms with E-state index in [4.69, 9.17) is 10.5 Å². The molecule has 0 saturated carbocycles. The lowest BCUT2D eigenvalue weighted by Crippen LogP contribution is -2.10. The van der Waals surface area contributed by atoms with Gasteiger partial charge in [-0.1, -0.05) is 45.6 Å². The van der Waals surface area contributed by atoms with Crippen molar-refractivity contribution in [3.8, 4) is 0 Å². The fourth-order valence-corrected chi connectivity index (χ4v) is 2.74. The zero-order valence-corrected chi connectivity index (χ0v) is 13.7. The monoisotopic (exact) mass is 281 g/mol. The summed E-state index contributed by atoms with van der Waals surface area (Å²) in [6.07, 6.45) is 14.9. The molecule has 0 aliphatic heterocycles. The van der Waals surface area contributed by atoms with Crippen molar-refractivity contribution < 1.29 is 4.74 Å². The minimum atomic E-state index is 0.448. The molecule has 0 spiro atoms. The zero-order chi connectivity index (χ0) is 15.1. The molecule has 0 amide bonds. The first kappa shape index (κ1) is 19.4. The van der Waals surface area contributed by atoms with Crippen LogP contribution in [0.2, 0.25) is 0 Å². The van der Waals surface area contributed by atoms with Crippen molar-refractivity contribution in [1.82, 2.24) is 0 Å². The van der Waals surface area contributed by atoms with Crippen molar-refractivity contribution in [1.29, 1.82) is 0 Å². The Kier molecular flexibility index (Phi) is 14.4. The second-order valence-electron chi connectivity index (χ2n) is 5.69. The van der Waals surface area contributed by atoms with Gasteiger partial charge >= 0.3 is 0 Å². The first-order valence-electron chi connectivity index (χ1n) is 8.35. The predicted molar refractivity (Wildman–Crippen MR) is 88.9 cm³/mol. The molecule has 0 aromatic rings. The lowest BCUT2D eigenvalue weighted by Gasteiger charge is -2.18. The number of unbranched alkanes of at least 4 members (excludes halogenated alkanes) is 2. The number of nitrogens with two attached hydrogens (primary N) is 1. The van der Waals surface area contributed by atoms with E-state index in [1.807, 2.05) is 7.11 Å². The largest absolute Gasteiger partial charge is 0.381 e. The van der Waals surface area contributed by atoms with Crippen LogP contribution in [0.15, 0.2) is 18.4 Å². The van der Waals surface area contributed by atoms with E-state index in [2.05, 4.69) is 25.3 Å². The third-order valence-corrected chi connectivity index (χ3v) is 4.10. The third-order valence-electron chi connectivity index (χ3n) is 4.10. The van der Waals surface area contributed by atoms with Crippen LogP contribution < -0.4 is 5.73 Å². The summed E-state index contributed by atoms with van der Waals surface area (Å²) < 4.78 is 5.46. The van der Waals surface area contributed by atoms with Crippen LogP contribution in [0.25, 0.3) is 0 Å². The van der Waals surface area contributed by atoms with Gasteiger partial charge in [-0.25, -0.2) is 0 Å². The van der Waals surface area contributed by atoms with Crippen molar-refractivity contribution in [3.63, 3.8) is 0 Å². The molecule has 0 aromatic carbocycles. The Bertz CT molecular complexity index is 242. The summed E-state index contributed by atoms with van der Waals surface area (Å²) in [7, 11) is 1.83. The molecular formula is C18H35NO. The van der Waals surface area contributed by atoms with Crippen molar-refractivity contribution in [3.05, 3.63) is 18.4 Å². The Hall–Kier alpha value is -0.560. The van der Waals surface area contributed by atoms with E-state index in [9.17, 15) is 0 Å². The molecule has 0 fully saturated rings. The number of methoxy groups -OCH3 is 1. The van der Waals surface area contributed by atoms with Gasteiger partial charge < -0.3 is 10.5 Å². The highest BCUT2D eigenvalue weighted by atomic mass is 16.5. The highest BCUT2D eigenvalue weighted by molar-refractivity contribution is 4.76. The predicted octanol–water partition coefficient (Wildman–Crippen LogP) is 4.84. The first-order valence-corrected chi connectivity index (χ1v) is 8.35. The molecule has 0 aliphatic rings. The van der Waals surface area contributed by atoms with Gasteiger partial charge in [0.25, 0.3) is 0 Å². The number of hydrogen-bond donors (Lipinski definition) is 1. The minimum Gasteiger partial charge on any atom is -0.381 e. The molecule has 0 radical (unpaired) electrons. The van der Waals surface area contributed by atoms with E-state index in [0.29, 0.717) is 6.10 Å². The zero-order valence-electron chi connectivity index (χ0n) is 13.7. The Morgan fingerprint density at radius 2 is 1.80 bits per heavy atom. The van der Waals surface area contributed by atoms with Crippen molar-refractivity contribution in [2.24, 2.45) is 11.7 Å². The van der Waals surface area contributed by atoms with Gasteiger partial charge in [0.15, 0.2) is 0 Å². The van der Waals surface area contributed by atoms with E-state index < -0.39 is 0 Å². The first-order chi connectivity index (χ1) is 9.78. The summed E-state index contributed by atoms with van der Waals surface area (Å²) in [4.78, 5) is 0. The second kappa shape index (κ2) is 14.8. The lowest BCUT2D eigenvalue weighted by molar-refractivity contribution is 0.0883. The average molecular weight is 281 g/mol. The Morgan fingerprint density at radius 1 is 1.10 bits per heavy atom. The van der Waals surface area contributed by atoms with E-state index in [-0.39, 0.29) is 0 Å².